The number of allylic oxidation sites excluding steroid dienone is 2. The lowest BCUT2D eigenvalue weighted by Crippen LogP contribution is -2.28. The summed E-state index contributed by atoms with van der Waals surface area (Å²) in [5.74, 6) is -0.560. The third kappa shape index (κ3) is 69.1. The van der Waals surface area contributed by atoms with Crippen molar-refractivity contribution in [2.45, 2.75) is 444 Å². The van der Waals surface area contributed by atoms with Gasteiger partial charge in [-0.3, -0.25) is 9.59 Å². The van der Waals surface area contributed by atoms with E-state index in [-0.39, 0.29) is 25.2 Å². The van der Waals surface area contributed by atoms with Gasteiger partial charge >= 0.3 is 11.9 Å². The zero-order valence-corrected chi connectivity index (χ0v) is 54.9. The molecule has 5 nitrogen and oxygen atoms in total. The Labute approximate surface area is 502 Å². The Kier molecular flexibility index (Phi) is 70.7. The number of aliphatic hydroxyl groups excluding tert-OH is 1. The van der Waals surface area contributed by atoms with Crippen molar-refractivity contribution < 1.29 is 24.2 Å². The van der Waals surface area contributed by atoms with Gasteiger partial charge in [0.15, 0.2) is 6.10 Å². The molecular formula is C75H146O5. The average Bonchev–Trinajstić information content (AvgIpc) is 3.46. The van der Waals surface area contributed by atoms with E-state index in [1.807, 2.05) is 0 Å². The third-order valence-electron chi connectivity index (χ3n) is 17.6. The number of carbonyl (C=O) groups excluding carboxylic acids is 2. The van der Waals surface area contributed by atoms with Gasteiger partial charge in [-0.25, -0.2) is 0 Å². The van der Waals surface area contributed by atoms with Crippen LogP contribution in [0, 0.1) is 0 Å². The van der Waals surface area contributed by atoms with Crippen molar-refractivity contribution in [2.75, 3.05) is 13.2 Å². The number of carbonyl (C=O) groups is 2. The largest absolute Gasteiger partial charge is 0.462 e. The number of unbranched alkanes of at least 4 members (excludes halogenated alkanes) is 61. The number of esters is 2. The van der Waals surface area contributed by atoms with Crippen LogP contribution in [0.2, 0.25) is 0 Å². The smallest absolute Gasteiger partial charge is 0.306 e. The Balaban J connectivity index is 3.35. The van der Waals surface area contributed by atoms with Crippen LogP contribution in [0.1, 0.15) is 438 Å². The van der Waals surface area contributed by atoms with E-state index in [0.717, 1.165) is 32.1 Å². The van der Waals surface area contributed by atoms with E-state index >= 15 is 0 Å². The summed E-state index contributed by atoms with van der Waals surface area (Å²) in [6.45, 7) is 4.22. The average molecular weight is 1130 g/mol. The lowest BCUT2D eigenvalue weighted by Gasteiger charge is -2.15. The Morgan fingerprint density at radius 3 is 0.675 bits per heavy atom. The second kappa shape index (κ2) is 71.9. The number of ether oxygens (including phenoxy) is 2. The van der Waals surface area contributed by atoms with Crippen LogP contribution in [0.4, 0.5) is 0 Å². The van der Waals surface area contributed by atoms with E-state index in [4.69, 9.17) is 9.47 Å². The molecule has 0 aromatic heterocycles. The first-order valence-electron chi connectivity index (χ1n) is 37.2. The fourth-order valence-corrected chi connectivity index (χ4v) is 12.0. The van der Waals surface area contributed by atoms with E-state index in [1.54, 1.807) is 0 Å². The van der Waals surface area contributed by atoms with Crippen molar-refractivity contribution in [3.8, 4) is 0 Å². The van der Waals surface area contributed by atoms with Crippen molar-refractivity contribution in [1.29, 1.82) is 0 Å². The molecule has 0 aromatic carbocycles. The van der Waals surface area contributed by atoms with Gasteiger partial charge in [0.1, 0.15) is 6.61 Å². The zero-order chi connectivity index (χ0) is 57.6. The van der Waals surface area contributed by atoms with Gasteiger partial charge < -0.3 is 14.6 Å². The molecule has 80 heavy (non-hydrogen) atoms. The van der Waals surface area contributed by atoms with Gasteiger partial charge in [-0.1, -0.05) is 398 Å². The molecule has 1 atom stereocenters. The summed E-state index contributed by atoms with van der Waals surface area (Å²) in [5.41, 5.74) is 0. The highest BCUT2D eigenvalue weighted by molar-refractivity contribution is 5.70. The second-order valence-electron chi connectivity index (χ2n) is 25.7. The Bertz CT molecular complexity index is 1180. The summed E-state index contributed by atoms with van der Waals surface area (Å²) in [5, 5.41) is 9.71. The molecule has 1 N–H and O–H groups in total. The van der Waals surface area contributed by atoms with Crippen LogP contribution in [-0.2, 0) is 19.1 Å². The standard InChI is InChI=1S/C75H146O5/c1-3-5-7-9-11-13-15-17-19-21-23-25-27-29-31-33-35-36-37-38-40-41-43-45-47-49-51-53-55-57-59-61-63-65-67-69-74(77)79-72-73(71-76)80-75(78)70-68-66-64-62-60-58-56-54-52-50-48-46-44-42-39-34-32-30-28-26-24-22-20-18-16-14-12-10-8-6-4-2/h22,24,73,76H,3-21,23,25-72H2,1-2H3/b24-22-. The van der Waals surface area contributed by atoms with Gasteiger partial charge in [0.25, 0.3) is 0 Å². The molecule has 476 valence electrons. The summed E-state index contributed by atoms with van der Waals surface area (Å²) in [4.78, 5) is 24.7. The predicted octanol–water partition coefficient (Wildman–Crippen LogP) is 25.8. The summed E-state index contributed by atoms with van der Waals surface area (Å²) in [7, 11) is 0. The highest BCUT2D eigenvalue weighted by Crippen LogP contribution is 2.20. The molecule has 0 heterocycles. The molecule has 0 saturated carbocycles. The molecule has 5 heteroatoms. The van der Waals surface area contributed by atoms with Crippen LogP contribution in [0.3, 0.4) is 0 Å². The monoisotopic (exact) mass is 1130 g/mol. The van der Waals surface area contributed by atoms with Crippen LogP contribution in [0.25, 0.3) is 0 Å². The van der Waals surface area contributed by atoms with Crippen LogP contribution in [0.15, 0.2) is 12.2 Å². The number of rotatable bonds is 71. The molecule has 1 unspecified atom stereocenters. The first-order valence-corrected chi connectivity index (χ1v) is 37.2. The quantitative estimate of drug-likeness (QED) is 0.0373. The Hall–Kier alpha value is -1.36. The van der Waals surface area contributed by atoms with Crippen molar-refractivity contribution in [3.63, 3.8) is 0 Å². The van der Waals surface area contributed by atoms with Crippen LogP contribution in [-0.4, -0.2) is 36.4 Å². The zero-order valence-electron chi connectivity index (χ0n) is 54.9. The maximum Gasteiger partial charge on any atom is 0.306 e. The summed E-state index contributed by atoms with van der Waals surface area (Å²) in [6.07, 6.45) is 92.8. The molecule has 0 aliphatic carbocycles. The maximum absolute atomic E-state index is 12.4. The highest BCUT2D eigenvalue weighted by Gasteiger charge is 2.16. The van der Waals surface area contributed by atoms with Gasteiger partial charge in [-0.15, -0.1) is 0 Å². The molecule has 0 aliphatic rings. The first kappa shape index (κ1) is 78.6. The Morgan fingerprint density at radius 2 is 0.463 bits per heavy atom. The number of hydrogen-bond acceptors (Lipinski definition) is 5. The minimum Gasteiger partial charge on any atom is -0.462 e. The molecule has 0 spiro atoms. The second-order valence-corrected chi connectivity index (χ2v) is 25.7. The molecule has 0 bridgehead atoms. The van der Waals surface area contributed by atoms with Crippen LogP contribution in [0.5, 0.6) is 0 Å². The van der Waals surface area contributed by atoms with Crippen molar-refractivity contribution >= 4 is 11.9 Å². The first-order chi connectivity index (χ1) is 39.6. The number of hydrogen-bond donors (Lipinski definition) is 1. The lowest BCUT2D eigenvalue weighted by atomic mass is 10.0. The molecule has 0 saturated heterocycles. The Morgan fingerprint density at radius 1 is 0.275 bits per heavy atom. The predicted molar refractivity (Wildman–Crippen MR) is 353 cm³/mol. The van der Waals surface area contributed by atoms with E-state index in [0.29, 0.717) is 12.8 Å². The lowest BCUT2D eigenvalue weighted by molar-refractivity contribution is -0.161. The van der Waals surface area contributed by atoms with E-state index < -0.39 is 6.10 Å². The van der Waals surface area contributed by atoms with Crippen molar-refractivity contribution in [1.82, 2.24) is 0 Å². The van der Waals surface area contributed by atoms with Gasteiger partial charge in [0, 0.05) is 12.8 Å². The maximum atomic E-state index is 12.4. The minimum atomic E-state index is -0.767. The fourth-order valence-electron chi connectivity index (χ4n) is 12.0. The summed E-state index contributed by atoms with van der Waals surface area (Å²) < 4.78 is 10.8. The van der Waals surface area contributed by atoms with Crippen molar-refractivity contribution in [2.24, 2.45) is 0 Å². The van der Waals surface area contributed by atoms with Gasteiger partial charge in [-0.2, -0.15) is 0 Å². The fraction of sp³-hybridized carbons (Fsp3) is 0.947. The molecular weight excluding hydrogens is 981 g/mol. The third-order valence-corrected chi connectivity index (χ3v) is 17.6. The highest BCUT2D eigenvalue weighted by atomic mass is 16.6. The molecule has 0 amide bonds. The molecule has 0 aliphatic heterocycles. The van der Waals surface area contributed by atoms with E-state index in [2.05, 4.69) is 26.0 Å². The van der Waals surface area contributed by atoms with E-state index in [1.165, 1.54) is 379 Å². The molecule has 0 rings (SSSR count). The van der Waals surface area contributed by atoms with Crippen LogP contribution < -0.4 is 0 Å². The van der Waals surface area contributed by atoms with Crippen molar-refractivity contribution in [3.05, 3.63) is 12.2 Å². The SMILES string of the molecule is CCCCCCCCCC/C=C\CCCCCCCCCCCCCCCCCCCCCC(=O)OC(CO)COC(=O)CCCCCCCCCCCCCCCCCCCCCCCCCCCCCCCCCCCCC. The summed E-state index contributed by atoms with van der Waals surface area (Å²) >= 11 is 0. The normalized spacial score (nSPS) is 12.1. The molecule has 0 fully saturated rings. The topological polar surface area (TPSA) is 72.8 Å². The van der Waals surface area contributed by atoms with Gasteiger partial charge in [-0.05, 0) is 38.5 Å². The van der Waals surface area contributed by atoms with Crippen LogP contribution >= 0.6 is 0 Å². The number of aliphatic hydroxyl groups is 1. The minimum absolute atomic E-state index is 0.0566. The summed E-state index contributed by atoms with van der Waals surface area (Å²) in [6, 6.07) is 0. The van der Waals surface area contributed by atoms with Gasteiger partial charge in [0.05, 0.1) is 6.61 Å². The molecule has 0 radical (unpaired) electrons. The molecule has 0 aromatic rings. The van der Waals surface area contributed by atoms with Gasteiger partial charge in [0.2, 0.25) is 0 Å². The van der Waals surface area contributed by atoms with E-state index in [9.17, 15) is 14.7 Å².